The maximum atomic E-state index is 5.79. The van der Waals surface area contributed by atoms with Crippen LogP contribution in [0, 0.1) is 11.3 Å². The fourth-order valence-electron chi connectivity index (χ4n) is 5.26. The summed E-state index contributed by atoms with van der Waals surface area (Å²) in [6.45, 7) is 12.3. The second-order valence-electron chi connectivity index (χ2n) is 8.79. The van der Waals surface area contributed by atoms with Gasteiger partial charge < -0.3 is 4.74 Å². The Balaban J connectivity index is 1.51. The summed E-state index contributed by atoms with van der Waals surface area (Å²) in [5.74, 6) is 1.80. The summed E-state index contributed by atoms with van der Waals surface area (Å²) in [5, 5.41) is 0. The van der Waals surface area contributed by atoms with Crippen LogP contribution in [-0.4, -0.2) is 30.3 Å². The third-order valence-electron chi connectivity index (χ3n) is 6.68. The predicted molar refractivity (Wildman–Crippen MR) is 108 cm³/mol. The zero-order valence-corrected chi connectivity index (χ0v) is 16.7. The molecular formula is C23H32N2O. The van der Waals surface area contributed by atoms with Crippen molar-refractivity contribution in [2.45, 2.75) is 59.4 Å². The molecule has 0 aromatic heterocycles. The number of benzene rings is 1. The Kier molecular flexibility index (Phi) is 4.68. The molecule has 1 fully saturated rings. The minimum Gasteiger partial charge on any atom is -0.493 e. The maximum Gasteiger partial charge on any atom is 0.122 e. The molecule has 3 nitrogen and oxygen atoms in total. The van der Waals surface area contributed by atoms with Gasteiger partial charge in [0.2, 0.25) is 0 Å². The number of allylic oxidation sites excluding steroid dienone is 2. The highest BCUT2D eigenvalue weighted by molar-refractivity contribution is 5.84. The Morgan fingerprint density at radius 1 is 1.31 bits per heavy atom. The first-order valence-electron chi connectivity index (χ1n) is 10.2. The SMILES string of the molecule is CC1=CC(C)([C@H]2CCCN([C@@H](C)c3ccc4c(c3)OCC4)C2)CC(C)=N1. The summed E-state index contributed by atoms with van der Waals surface area (Å²) in [7, 11) is 0. The third kappa shape index (κ3) is 3.34. The van der Waals surface area contributed by atoms with Crippen LogP contribution in [0.2, 0.25) is 0 Å². The van der Waals surface area contributed by atoms with Crippen molar-refractivity contribution in [3.8, 4) is 5.75 Å². The number of rotatable bonds is 3. The fourth-order valence-corrected chi connectivity index (χ4v) is 5.26. The van der Waals surface area contributed by atoms with Gasteiger partial charge in [0.15, 0.2) is 0 Å². The van der Waals surface area contributed by atoms with E-state index >= 15 is 0 Å². The molecular weight excluding hydrogens is 320 g/mol. The summed E-state index contributed by atoms with van der Waals surface area (Å²) in [5.41, 5.74) is 5.48. The van der Waals surface area contributed by atoms with E-state index in [9.17, 15) is 0 Å². The molecule has 1 aromatic rings. The lowest BCUT2D eigenvalue weighted by molar-refractivity contribution is 0.0796. The Bertz CT molecular complexity index is 751. The molecule has 0 amide bonds. The molecule has 0 spiro atoms. The zero-order chi connectivity index (χ0) is 18.3. The predicted octanol–water partition coefficient (Wildman–Crippen LogP) is 5.17. The molecule has 26 heavy (non-hydrogen) atoms. The van der Waals surface area contributed by atoms with Gasteiger partial charge in [-0.15, -0.1) is 0 Å². The van der Waals surface area contributed by atoms with Crippen molar-refractivity contribution in [1.29, 1.82) is 0 Å². The van der Waals surface area contributed by atoms with Crippen molar-refractivity contribution in [3.05, 3.63) is 41.1 Å². The maximum absolute atomic E-state index is 5.79. The van der Waals surface area contributed by atoms with Crippen LogP contribution < -0.4 is 4.74 Å². The molecule has 1 saturated heterocycles. The van der Waals surface area contributed by atoms with Crippen LogP contribution in [0.15, 0.2) is 35.0 Å². The molecule has 1 unspecified atom stereocenters. The molecule has 0 bridgehead atoms. The smallest absolute Gasteiger partial charge is 0.122 e. The normalized spacial score (nSPS) is 30.2. The number of ether oxygens (including phenoxy) is 1. The van der Waals surface area contributed by atoms with Gasteiger partial charge in [-0.2, -0.15) is 0 Å². The highest BCUT2D eigenvalue weighted by Gasteiger charge is 2.38. The van der Waals surface area contributed by atoms with Crippen molar-refractivity contribution < 1.29 is 4.74 Å². The van der Waals surface area contributed by atoms with E-state index < -0.39 is 0 Å². The molecule has 0 aliphatic carbocycles. The Hall–Kier alpha value is -1.61. The van der Waals surface area contributed by atoms with E-state index in [2.05, 4.69) is 61.9 Å². The minimum absolute atomic E-state index is 0.245. The zero-order valence-electron chi connectivity index (χ0n) is 16.7. The fraction of sp³-hybridized carbons (Fsp3) is 0.609. The van der Waals surface area contributed by atoms with Gasteiger partial charge in [0.1, 0.15) is 5.75 Å². The van der Waals surface area contributed by atoms with E-state index in [1.807, 2.05) is 0 Å². The van der Waals surface area contributed by atoms with E-state index in [0.29, 0.717) is 12.0 Å². The summed E-state index contributed by atoms with van der Waals surface area (Å²) >= 11 is 0. The summed E-state index contributed by atoms with van der Waals surface area (Å²) in [6, 6.07) is 7.30. The van der Waals surface area contributed by atoms with Gasteiger partial charge in [-0.05, 0) is 75.1 Å². The summed E-state index contributed by atoms with van der Waals surface area (Å²) in [6.07, 6.45) is 7.20. The second kappa shape index (κ2) is 6.84. The van der Waals surface area contributed by atoms with Crippen LogP contribution in [0.3, 0.4) is 0 Å². The number of fused-ring (bicyclic) bond motifs is 1. The number of nitrogens with zero attached hydrogens (tertiary/aromatic N) is 2. The van der Waals surface area contributed by atoms with E-state index in [1.165, 1.54) is 48.5 Å². The van der Waals surface area contributed by atoms with Gasteiger partial charge in [0.05, 0.1) is 6.61 Å². The average Bonchev–Trinajstić information content (AvgIpc) is 3.07. The van der Waals surface area contributed by atoms with Crippen molar-refractivity contribution in [3.63, 3.8) is 0 Å². The average molecular weight is 353 g/mol. The monoisotopic (exact) mass is 352 g/mol. The molecule has 3 heterocycles. The largest absolute Gasteiger partial charge is 0.493 e. The van der Waals surface area contributed by atoms with Gasteiger partial charge in [0, 0.05) is 30.4 Å². The lowest BCUT2D eigenvalue weighted by Gasteiger charge is -2.45. The quantitative estimate of drug-likeness (QED) is 0.750. The second-order valence-corrected chi connectivity index (χ2v) is 8.79. The van der Waals surface area contributed by atoms with Crippen LogP contribution in [0.25, 0.3) is 0 Å². The van der Waals surface area contributed by atoms with Crippen LogP contribution in [0.1, 0.15) is 64.1 Å². The highest BCUT2D eigenvalue weighted by atomic mass is 16.5. The van der Waals surface area contributed by atoms with E-state index in [1.54, 1.807) is 0 Å². The minimum atomic E-state index is 0.245. The van der Waals surface area contributed by atoms with Crippen LogP contribution in [0.4, 0.5) is 0 Å². The van der Waals surface area contributed by atoms with Crippen molar-refractivity contribution in [1.82, 2.24) is 4.90 Å². The number of hydrogen-bond donors (Lipinski definition) is 0. The standard InChI is InChI=1S/C23H32N2O/c1-16-13-23(4,14-17(2)24-16)21-6-5-10-25(15-21)18(3)20-8-7-19-9-11-26-22(19)12-20/h7-8,12-13,18,21H,5-6,9-11,14-15H2,1-4H3/t18-,21-,23?/m0/s1. The van der Waals surface area contributed by atoms with Gasteiger partial charge >= 0.3 is 0 Å². The van der Waals surface area contributed by atoms with Crippen LogP contribution in [0.5, 0.6) is 5.75 Å². The number of piperidine rings is 1. The molecule has 3 atom stereocenters. The lowest BCUT2D eigenvalue weighted by atomic mass is 9.68. The summed E-state index contributed by atoms with van der Waals surface area (Å²) < 4.78 is 5.79. The van der Waals surface area contributed by atoms with Crippen molar-refractivity contribution >= 4 is 5.71 Å². The molecule has 3 heteroatoms. The first-order chi connectivity index (χ1) is 12.4. The number of aliphatic imine (C=N–C) groups is 1. The lowest BCUT2D eigenvalue weighted by Crippen LogP contribution is -2.44. The molecule has 0 radical (unpaired) electrons. The molecule has 4 rings (SSSR count). The van der Waals surface area contributed by atoms with Crippen molar-refractivity contribution in [2.75, 3.05) is 19.7 Å². The number of hydrogen-bond acceptors (Lipinski definition) is 3. The van der Waals surface area contributed by atoms with E-state index in [0.717, 1.165) is 25.2 Å². The molecule has 0 N–H and O–H groups in total. The Morgan fingerprint density at radius 2 is 2.15 bits per heavy atom. The van der Waals surface area contributed by atoms with E-state index in [-0.39, 0.29) is 5.41 Å². The van der Waals surface area contributed by atoms with Gasteiger partial charge in [-0.3, -0.25) is 9.89 Å². The first kappa shape index (κ1) is 17.8. The Labute approximate surface area is 158 Å². The summed E-state index contributed by atoms with van der Waals surface area (Å²) in [4.78, 5) is 7.34. The van der Waals surface area contributed by atoms with Crippen LogP contribution >= 0.6 is 0 Å². The molecule has 1 aromatic carbocycles. The van der Waals surface area contributed by atoms with Crippen molar-refractivity contribution in [2.24, 2.45) is 16.3 Å². The topological polar surface area (TPSA) is 24.8 Å². The third-order valence-corrected chi connectivity index (χ3v) is 6.68. The molecule has 3 aliphatic rings. The van der Waals surface area contributed by atoms with Crippen LogP contribution in [-0.2, 0) is 6.42 Å². The molecule has 3 aliphatic heterocycles. The van der Waals surface area contributed by atoms with Gasteiger partial charge in [0.25, 0.3) is 0 Å². The molecule has 0 saturated carbocycles. The molecule has 140 valence electrons. The van der Waals surface area contributed by atoms with Gasteiger partial charge in [-0.1, -0.05) is 25.1 Å². The Morgan fingerprint density at radius 3 is 2.96 bits per heavy atom. The van der Waals surface area contributed by atoms with Gasteiger partial charge in [-0.25, -0.2) is 0 Å². The number of likely N-dealkylation sites (tertiary alicyclic amines) is 1. The highest BCUT2D eigenvalue weighted by Crippen LogP contribution is 2.43. The van der Waals surface area contributed by atoms with E-state index in [4.69, 9.17) is 4.74 Å². The first-order valence-corrected chi connectivity index (χ1v) is 10.2.